The highest BCUT2D eigenvalue weighted by Gasteiger charge is 2.17. The van der Waals surface area contributed by atoms with E-state index in [-0.39, 0.29) is 17.8 Å². The van der Waals surface area contributed by atoms with Gasteiger partial charge in [0.2, 0.25) is 5.91 Å². The Bertz CT molecular complexity index is 394. The first-order valence-electron chi connectivity index (χ1n) is 6.20. The summed E-state index contributed by atoms with van der Waals surface area (Å²) >= 11 is 0. The molecule has 0 spiro atoms. The fourth-order valence-corrected chi connectivity index (χ4v) is 1.72. The van der Waals surface area contributed by atoms with Gasteiger partial charge in [0.25, 0.3) is 0 Å². The summed E-state index contributed by atoms with van der Waals surface area (Å²) in [5.74, 6) is -0.304. The van der Waals surface area contributed by atoms with Crippen molar-refractivity contribution in [3.05, 3.63) is 29.8 Å². The summed E-state index contributed by atoms with van der Waals surface area (Å²) in [6.07, 6.45) is 2.75. The molecule has 1 atom stereocenters. The third kappa shape index (κ3) is 4.07. The Hall–Kier alpha value is -1.49. The summed E-state index contributed by atoms with van der Waals surface area (Å²) < 4.78 is 12.9. The van der Waals surface area contributed by atoms with E-state index in [0.29, 0.717) is 19.6 Å². The molecule has 100 valence electrons. The number of hydrogen-bond acceptors (Lipinski definition) is 3. The summed E-state index contributed by atoms with van der Waals surface area (Å²) in [7, 11) is 0. The number of nitrogens with one attached hydrogen (secondary N) is 1. The Morgan fingerprint density at radius 1 is 1.44 bits per heavy atom. The third-order valence-corrected chi connectivity index (χ3v) is 2.82. The van der Waals surface area contributed by atoms with Gasteiger partial charge in [0.1, 0.15) is 5.82 Å². The van der Waals surface area contributed by atoms with E-state index in [9.17, 15) is 9.18 Å². The number of halogens is 1. The fourth-order valence-electron chi connectivity index (χ4n) is 1.72. The zero-order valence-corrected chi connectivity index (χ0v) is 11.1. The zero-order chi connectivity index (χ0) is 13.5. The molecule has 1 unspecified atom stereocenters. The predicted octanol–water partition coefficient (Wildman–Crippen LogP) is 1.57. The molecule has 0 aromatic carbocycles. The van der Waals surface area contributed by atoms with E-state index in [4.69, 9.17) is 0 Å². The lowest BCUT2D eigenvalue weighted by molar-refractivity contribution is -0.132. The van der Waals surface area contributed by atoms with Crippen LogP contribution in [0.4, 0.5) is 4.39 Å². The standard InChI is InChI=1S/C13H20FN3O/c1-4-17(5-2)13(18)10(3)16-8-11-6-12(14)9-15-7-11/h6-7,9-10,16H,4-5,8H2,1-3H3. The van der Waals surface area contributed by atoms with Crippen LogP contribution in [0.3, 0.4) is 0 Å². The second-order valence-corrected chi connectivity index (χ2v) is 4.12. The van der Waals surface area contributed by atoms with Crippen molar-refractivity contribution in [3.8, 4) is 0 Å². The molecule has 1 heterocycles. The summed E-state index contributed by atoms with van der Waals surface area (Å²) in [4.78, 5) is 17.5. The maximum Gasteiger partial charge on any atom is 0.239 e. The SMILES string of the molecule is CCN(CC)C(=O)C(C)NCc1cncc(F)c1. The van der Waals surface area contributed by atoms with Gasteiger partial charge in [0, 0.05) is 25.8 Å². The van der Waals surface area contributed by atoms with Crippen LogP contribution in [-0.4, -0.2) is 34.9 Å². The van der Waals surface area contributed by atoms with E-state index in [1.807, 2.05) is 20.8 Å². The van der Waals surface area contributed by atoms with Crippen LogP contribution in [0.15, 0.2) is 18.5 Å². The fraction of sp³-hybridized carbons (Fsp3) is 0.538. The highest BCUT2D eigenvalue weighted by molar-refractivity contribution is 5.81. The Kier molecular flexibility index (Phi) is 5.71. The predicted molar refractivity (Wildman–Crippen MR) is 68.4 cm³/mol. The lowest BCUT2D eigenvalue weighted by Crippen LogP contribution is -2.44. The number of aromatic nitrogens is 1. The number of carbonyl (C=O) groups excluding carboxylic acids is 1. The van der Waals surface area contributed by atoms with Crippen molar-refractivity contribution >= 4 is 5.91 Å². The largest absolute Gasteiger partial charge is 0.342 e. The third-order valence-electron chi connectivity index (χ3n) is 2.82. The van der Waals surface area contributed by atoms with Crippen LogP contribution in [0.25, 0.3) is 0 Å². The molecule has 1 aromatic heterocycles. The van der Waals surface area contributed by atoms with Gasteiger partial charge in [-0.2, -0.15) is 0 Å². The molecular weight excluding hydrogens is 233 g/mol. The molecule has 18 heavy (non-hydrogen) atoms. The highest BCUT2D eigenvalue weighted by Crippen LogP contribution is 2.02. The normalized spacial score (nSPS) is 12.2. The van der Waals surface area contributed by atoms with Crippen LogP contribution in [0, 0.1) is 5.82 Å². The molecule has 0 fully saturated rings. The number of rotatable bonds is 6. The number of carbonyl (C=O) groups is 1. The Labute approximate surface area is 107 Å². The monoisotopic (exact) mass is 253 g/mol. The minimum atomic E-state index is -0.364. The molecule has 0 aliphatic heterocycles. The zero-order valence-electron chi connectivity index (χ0n) is 11.1. The highest BCUT2D eigenvalue weighted by atomic mass is 19.1. The van der Waals surface area contributed by atoms with Crippen molar-refractivity contribution in [2.45, 2.75) is 33.4 Å². The summed E-state index contributed by atoms with van der Waals surface area (Å²) in [5.41, 5.74) is 0.731. The van der Waals surface area contributed by atoms with Crippen LogP contribution in [-0.2, 0) is 11.3 Å². The first-order valence-corrected chi connectivity index (χ1v) is 6.20. The van der Waals surface area contributed by atoms with Gasteiger partial charge in [-0.3, -0.25) is 9.78 Å². The quantitative estimate of drug-likeness (QED) is 0.837. The summed E-state index contributed by atoms with van der Waals surface area (Å²) in [6, 6.07) is 1.13. The summed E-state index contributed by atoms with van der Waals surface area (Å²) in [6.45, 7) is 7.54. The molecule has 1 aromatic rings. The maximum atomic E-state index is 12.9. The van der Waals surface area contributed by atoms with Crippen LogP contribution in [0.1, 0.15) is 26.3 Å². The number of likely N-dealkylation sites (N-methyl/N-ethyl adjacent to an activating group) is 1. The molecule has 4 nitrogen and oxygen atoms in total. The molecule has 1 amide bonds. The van der Waals surface area contributed by atoms with Crippen molar-refractivity contribution in [2.75, 3.05) is 13.1 Å². The van der Waals surface area contributed by atoms with Gasteiger partial charge >= 0.3 is 0 Å². The van der Waals surface area contributed by atoms with E-state index in [0.717, 1.165) is 11.8 Å². The number of hydrogen-bond donors (Lipinski definition) is 1. The Balaban J connectivity index is 2.50. The van der Waals surface area contributed by atoms with Gasteiger partial charge in [-0.15, -0.1) is 0 Å². The van der Waals surface area contributed by atoms with Crippen LogP contribution in [0.2, 0.25) is 0 Å². The second kappa shape index (κ2) is 7.06. The van der Waals surface area contributed by atoms with Gasteiger partial charge in [0.15, 0.2) is 0 Å². The number of nitrogens with zero attached hydrogens (tertiary/aromatic N) is 2. The maximum absolute atomic E-state index is 12.9. The van der Waals surface area contributed by atoms with Gasteiger partial charge in [-0.1, -0.05) is 0 Å². The lowest BCUT2D eigenvalue weighted by Gasteiger charge is -2.23. The molecule has 5 heteroatoms. The molecule has 0 aliphatic carbocycles. The van der Waals surface area contributed by atoms with E-state index < -0.39 is 0 Å². The summed E-state index contributed by atoms with van der Waals surface area (Å²) in [5, 5.41) is 3.08. The average molecular weight is 253 g/mol. The number of amides is 1. The smallest absolute Gasteiger partial charge is 0.239 e. The molecule has 0 saturated heterocycles. The van der Waals surface area contributed by atoms with Crippen molar-refractivity contribution in [3.63, 3.8) is 0 Å². The minimum absolute atomic E-state index is 0.0596. The van der Waals surface area contributed by atoms with Crippen molar-refractivity contribution in [1.82, 2.24) is 15.2 Å². The van der Waals surface area contributed by atoms with E-state index in [1.54, 1.807) is 11.1 Å². The first kappa shape index (κ1) is 14.6. The topological polar surface area (TPSA) is 45.2 Å². The average Bonchev–Trinajstić information content (AvgIpc) is 2.37. The molecule has 1 N–H and O–H groups in total. The van der Waals surface area contributed by atoms with Gasteiger partial charge < -0.3 is 10.2 Å². The second-order valence-electron chi connectivity index (χ2n) is 4.12. The van der Waals surface area contributed by atoms with E-state index >= 15 is 0 Å². The molecule has 0 aliphatic rings. The van der Waals surface area contributed by atoms with Crippen LogP contribution < -0.4 is 5.32 Å². The minimum Gasteiger partial charge on any atom is -0.342 e. The van der Waals surface area contributed by atoms with E-state index in [1.165, 1.54) is 6.07 Å². The van der Waals surface area contributed by atoms with Gasteiger partial charge in [0.05, 0.1) is 12.2 Å². The molecule has 0 bridgehead atoms. The Morgan fingerprint density at radius 2 is 2.11 bits per heavy atom. The van der Waals surface area contributed by atoms with Crippen molar-refractivity contribution in [2.24, 2.45) is 0 Å². The van der Waals surface area contributed by atoms with Crippen molar-refractivity contribution in [1.29, 1.82) is 0 Å². The van der Waals surface area contributed by atoms with Crippen LogP contribution in [0.5, 0.6) is 0 Å². The molecule has 0 radical (unpaired) electrons. The van der Waals surface area contributed by atoms with Crippen LogP contribution >= 0.6 is 0 Å². The van der Waals surface area contributed by atoms with E-state index in [2.05, 4.69) is 10.3 Å². The number of pyridine rings is 1. The first-order chi connectivity index (χ1) is 8.58. The Morgan fingerprint density at radius 3 is 2.67 bits per heavy atom. The lowest BCUT2D eigenvalue weighted by atomic mass is 10.2. The molecule has 0 saturated carbocycles. The molecule has 1 rings (SSSR count). The molecular formula is C13H20FN3O. The van der Waals surface area contributed by atoms with Gasteiger partial charge in [-0.05, 0) is 32.4 Å². The van der Waals surface area contributed by atoms with Gasteiger partial charge in [-0.25, -0.2) is 4.39 Å². The van der Waals surface area contributed by atoms with Crippen molar-refractivity contribution < 1.29 is 9.18 Å².